The number of aryl methyl sites for hydroxylation is 1. The molecule has 10 heteroatoms. The molecule has 0 radical (unpaired) electrons. The Morgan fingerprint density at radius 2 is 1.62 bits per heavy atom. The number of nitrogens with zero attached hydrogens (tertiary/aromatic N) is 3. The monoisotopic (exact) mass is 512 g/mol. The second-order valence-corrected chi connectivity index (χ2v) is 10.5. The summed E-state index contributed by atoms with van der Waals surface area (Å²) < 4.78 is 24.8. The van der Waals surface area contributed by atoms with Crippen LogP contribution in [0.3, 0.4) is 0 Å². The summed E-state index contributed by atoms with van der Waals surface area (Å²) in [5, 5.41) is 8.43. The minimum absolute atomic E-state index is 0.0131. The van der Waals surface area contributed by atoms with E-state index in [0.717, 1.165) is 22.0 Å². The van der Waals surface area contributed by atoms with Crippen molar-refractivity contribution in [1.82, 2.24) is 15.0 Å². The topological polar surface area (TPSA) is 168 Å². The van der Waals surface area contributed by atoms with E-state index >= 15 is 0 Å². The average molecular weight is 513 g/mol. The van der Waals surface area contributed by atoms with E-state index in [-0.39, 0.29) is 11.3 Å². The van der Waals surface area contributed by atoms with Crippen molar-refractivity contribution in [2.45, 2.75) is 24.7 Å². The highest BCUT2D eigenvalue weighted by Crippen LogP contribution is 2.28. The third-order valence-corrected chi connectivity index (χ3v) is 7.28. The van der Waals surface area contributed by atoms with Crippen LogP contribution in [-0.4, -0.2) is 29.3 Å². The van der Waals surface area contributed by atoms with Crippen molar-refractivity contribution in [3.63, 3.8) is 0 Å². The minimum atomic E-state index is -4.01. The number of rotatable bonds is 6. The van der Waals surface area contributed by atoms with Gasteiger partial charge in [-0.1, -0.05) is 24.3 Å². The Bertz CT molecular complexity index is 1820. The Morgan fingerprint density at radius 3 is 2.38 bits per heavy atom. The summed E-state index contributed by atoms with van der Waals surface area (Å²) in [5.41, 5.74) is 15.7. The first-order valence-electron chi connectivity index (χ1n) is 11.4. The molecule has 6 N–H and O–H groups in total. The number of benzene rings is 2. The number of amides is 1. The summed E-state index contributed by atoms with van der Waals surface area (Å²) in [7, 11) is -4.01. The molecular formula is C27H24N6O3S. The molecular weight excluding hydrogens is 488 g/mol. The van der Waals surface area contributed by atoms with Gasteiger partial charge in [-0.2, -0.15) is 0 Å². The lowest BCUT2D eigenvalue weighted by Crippen LogP contribution is -2.17. The molecule has 1 amide bonds. The second-order valence-electron chi connectivity index (χ2n) is 8.94. The van der Waals surface area contributed by atoms with E-state index in [1.54, 1.807) is 18.3 Å². The molecule has 0 aliphatic carbocycles. The van der Waals surface area contributed by atoms with Crippen LogP contribution in [0.15, 0.2) is 72.0 Å². The van der Waals surface area contributed by atoms with Gasteiger partial charge in [0.05, 0.1) is 4.90 Å². The van der Waals surface area contributed by atoms with Crippen molar-refractivity contribution >= 4 is 43.3 Å². The van der Waals surface area contributed by atoms with Gasteiger partial charge >= 0.3 is 0 Å². The number of hydrogen-bond acceptors (Lipinski definition) is 7. The van der Waals surface area contributed by atoms with Crippen molar-refractivity contribution in [2.75, 3.05) is 5.73 Å². The van der Waals surface area contributed by atoms with Crippen LogP contribution in [0.4, 0.5) is 5.82 Å². The summed E-state index contributed by atoms with van der Waals surface area (Å²) in [6.45, 7) is 1.83. The van der Waals surface area contributed by atoms with Crippen molar-refractivity contribution in [3.05, 3.63) is 101 Å². The summed E-state index contributed by atoms with van der Waals surface area (Å²) in [4.78, 5) is 25.2. The number of pyridine rings is 3. The molecule has 3 heterocycles. The van der Waals surface area contributed by atoms with E-state index in [9.17, 15) is 13.2 Å². The van der Waals surface area contributed by atoms with Gasteiger partial charge < -0.3 is 11.5 Å². The maximum atomic E-state index is 12.4. The SMILES string of the molecule is Cc1cc2cc(Cc3nccc(C(N)=O)c3Cc3ccc4c(N)nccc4c3)cc(S(N)(=O)=O)c2cn1. The van der Waals surface area contributed by atoms with Crippen LogP contribution in [0.1, 0.15) is 38.4 Å². The molecule has 0 atom stereocenters. The quantitative estimate of drug-likeness (QED) is 0.314. The van der Waals surface area contributed by atoms with Crippen molar-refractivity contribution < 1.29 is 13.2 Å². The fourth-order valence-corrected chi connectivity index (χ4v) is 5.40. The summed E-state index contributed by atoms with van der Waals surface area (Å²) in [5.74, 6) is -0.130. The van der Waals surface area contributed by atoms with E-state index in [4.69, 9.17) is 16.6 Å². The standard InChI is InChI=1S/C27H24N6O3S/c1-15-8-19-10-17(13-25(37(30,35)36)23(19)14-33-15)12-24-22(21(27(29)34)5-7-31-24)11-16-2-3-20-18(9-16)4-6-32-26(20)28/h2-10,13-14H,11-12H2,1H3,(H2,28,32)(H2,29,34)(H2,30,35,36). The number of anilines is 1. The van der Waals surface area contributed by atoms with E-state index in [1.807, 2.05) is 37.3 Å². The second kappa shape index (κ2) is 9.23. The number of fused-ring (bicyclic) bond motifs is 2. The molecule has 0 aliphatic rings. The van der Waals surface area contributed by atoms with Crippen LogP contribution in [0.2, 0.25) is 0 Å². The van der Waals surface area contributed by atoms with Crippen molar-refractivity contribution in [1.29, 1.82) is 0 Å². The van der Waals surface area contributed by atoms with Crippen molar-refractivity contribution in [3.8, 4) is 0 Å². The lowest BCUT2D eigenvalue weighted by Gasteiger charge is -2.15. The van der Waals surface area contributed by atoms with Gasteiger partial charge in [-0.3, -0.25) is 14.8 Å². The summed E-state index contributed by atoms with van der Waals surface area (Å²) >= 11 is 0. The lowest BCUT2D eigenvalue weighted by molar-refractivity contribution is 0.0999. The summed E-state index contributed by atoms with van der Waals surface area (Å²) in [6, 6.07) is 14.5. The Kier molecular flexibility index (Phi) is 6.06. The summed E-state index contributed by atoms with van der Waals surface area (Å²) in [6.07, 6.45) is 5.33. The zero-order chi connectivity index (χ0) is 26.3. The van der Waals surface area contributed by atoms with Crippen LogP contribution in [0.5, 0.6) is 0 Å². The molecule has 37 heavy (non-hydrogen) atoms. The Balaban J connectivity index is 1.62. The van der Waals surface area contributed by atoms with E-state index in [1.165, 1.54) is 18.5 Å². The first kappa shape index (κ1) is 24.3. The number of carbonyl (C=O) groups is 1. The molecule has 0 bridgehead atoms. The van der Waals surface area contributed by atoms with Gasteiger partial charge in [0.25, 0.3) is 0 Å². The minimum Gasteiger partial charge on any atom is -0.383 e. The fourth-order valence-electron chi connectivity index (χ4n) is 4.61. The molecule has 0 saturated heterocycles. The maximum absolute atomic E-state index is 12.4. The first-order chi connectivity index (χ1) is 17.6. The van der Waals surface area contributed by atoms with Crippen LogP contribution >= 0.6 is 0 Å². The number of primary amides is 1. The van der Waals surface area contributed by atoms with Crippen LogP contribution < -0.4 is 16.6 Å². The third-order valence-electron chi connectivity index (χ3n) is 6.32. The predicted molar refractivity (Wildman–Crippen MR) is 142 cm³/mol. The van der Waals surface area contributed by atoms with Gasteiger partial charge in [0, 0.05) is 59.2 Å². The van der Waals surface area contributed by atoms with Gasteiger partial charge in [0.2, 0.25) is 15.9 Å². The molecule has 2 aromatic carbocycles. The number of primary sulfonamides is 1. The van der Waals surface area contributed by atoms with E-state index in [2.05, 4.69) is 15.0 Å². The molecule has 3 aromatic heterocycles. The van der Waals surface area contributed by atoms with E-state index in [0.29, 0.717) is 45.4 Å². The molecule has 9 nitrogen and oxygen atoms in total. The number of carbonyl (C=O) groups excluding carboxylic acids is 1. The largest absolute Gasteiger partial charge is 0.383 e. The normalized spacial score (nSPS) is 11.7. The number of nitrogen functional groups attached to an aromatic ring is 1. The fraction of sp³-hybridized carbons (Fsp3) is 0.111. The van der Waals surface area contributed by atoms with Gasteiger partial charge in [-0.05, 0) is 58.7 Å². The van der Waals surface area contributed by atoms with Crippen LogP contribution in [0.25, 0.3) is 21.5 Å². The van der Waals surface area contributed by atoms with Gasteiger partial charge in [-0.25, -0.2) is 18.5 Å². The third kappa shape index (κ3) is 4.84. The Labute approximate surface area is 213 Å². The van der Waals surface area contributed by atoms with E-state index < -0.39 is 15.9 Å². The number of hydrogen-bond donors (Lipinski definition) is 3. The van der Waals surface area contributed by atoms with Crippen LogP contribution in [0, 0.1) is 6.92 Å². The molecule has 186 valence electrons. The molecule has 5 aromatic rings. The number of sulfonamides is 1. The highest BCUT2D eigenvalue weighted by atomic mass is 32.2. The molecule has 0 fully saturated rings. The predicted octanol–water partition coefficient (Wildman–Crippen LogP) is 3.00. The zero-order valence-corrected chi connectivity index (χ0v) is 20.8. The smallest absolute Gasteiger partial charge is 0.249 e. The van der Waals surface area contributed by atoms with Crippen molar-refractivity contribution in [2.24, 2.45) is 10.9 Å². The Hall–Kier alpha value is -4.41. The number of nitrogens with two attached hydrogens (primary N) is 3. The molecule has 0 saturated carbocycles. The highest BCUT2D eigenvalue weighted by Gasteiger charge is 2.19. The van der Waals surface area contributed by atoms with Gasteiger partial charge in [0.1, 0.15) is 5.82 Å². The average Bonchev–Trinajstić information content (AvgIpc) is 2.83. The first-order valence-corrected chi connectivity index (χ1v) is 13.0. The highest BCUT2D eigenvalue weighted by molar-refractivity contribution is 7.89. The Morgan fingerprint density at radius 1 is 0.865 bits per heavy atom. The van der Waals surface area contributed by atoms with Gasteiger partial charge in [-0.15, -0.1) is 0 Å². The molecule has 0 spiro atoms. The van der Waals surface area contributed by atoms with Gasteiger partial charge in [0.15, 0.2) is 0 Å². The zero-order valence-electron chi connectivity index (χ0n) is 20.0. The van der Waals surface area contributed by atoms with Crippen LogP contribution in [-0.2, 0) is 22.9 Å². The molecule has 0 unspecified atom stereocenters. The lowest BCUT2D eigenvalue weighted by atomic mass is 9.93. The molecule has 5 rings (SSSR count). The molecule has 0 aliphatic heterocycles. The number of aromatic nitrogens is 3. The maximum Gasteiger partial charge on any atom is 0.249 e.